The van der Waals surface area contributed by atoms with Gasteiger partial charge in [0.15, 0.2) is 5.96 Å². The molecule has 0 amide bonds. The SMILES string of the molecule is CCN(CC)c1ccc(CNC(=NC)NC2CCN(CCOC)CC2)cc1F. The summed E-state index contributed by atoms with van der Waals surface area (Å²) < 4.78 is 19.6. The van der Waals surface area contributed by atoms with Crippen LogP contribution in [0.4, 0.5) is 10.1 Å². The van der Waals surface area contributed by atoms with Gasteiger partial charge in [0, 0.05) is 59.5 Å². The fourth-order valence-electron chi connectivity index (χ4n) is 3.58. The van der Waals surface area contributed by atoms with Crippen LogP contribution in [0.15, 0.2) is 23.2 Å². The first-order chi connectivity index (χ1) is 13.6. The first-order valence-electron chi connectivity index (χ1n) is 10.3. The second-order valence-electron chi connectivity index (χ2n) is 7.14. The summed E-state index contributed by atoms with van der Waals surface area (Å²) in [5.41, 5.74) is 1.57. The lowest BCUT2D eigenvalue weighted by molar-refractivity contribution is 0.128. The minimum absolute atomic E-state index is 0.172. The quantitative estimate of drug-likeness (QED) is 0.499. The van der Waals surface area contributed by atoms with Crippen molar-refractivity contribution in [3.05, 3.63) is 29.6 Å². The number of hydrogen-bond donors (Lipinski definition) is 2. The molecule has 0 unspecified atom stereocenters. The first kappa shape index (κ1) is 22.4. The van der Waals surface area contributed by atoms with Crippen LogP contribution < -0.4 is 15.5 Å². The Balaban J connectivity index is 1.82. The van der Waals surface area contributed by atoms with Gasteiger partial charge in [0.1, 0.15) is 5.82 Å². The van der Waals surface area contributed by atoms with E-state index in [2.05, 4.69) is 20.5 Å². The van der Waals surface area contributed by atoms with E-state index in [0.717, 1.165) is 63.7 Å². The maximum atomic E-state index is 14.4. The average Bonchev–Trinajstić information content (AvgIpc) is 2.72. The van der Waals surface area contributed by atoms with Crippen LogP contribution in [0.5, 0.6) is 0 Å². The van der Waals surface area contributed by atoms with Crippen molar-refractivity contribution in [3.8, 4) is 0 Å². The zero-order chi connectivity index (χ0) is 20.4. The van der Waals surface area contributed by atoms with Gasteiger partial charge < -0.3 is 25.2 Å². The van der Waals surface area contributed by atoms with Crippen molar-refractivity contribution in [2.75, 3.05) is 58.4 Å². The van der Waals surface area contributed by atoms with E-state index in [1.807, 2.05) is 30.9 Å². The molecule has 158 valence electrons. The largest absolute Gasteiger partial charge is 0.383 e. The van der Waals surface area contributed by atoms with Gasteiger partial charge in [-0.2, -0.15) is 0 Å². The maximum Gasteiger partial charge on any atom is 0.191 e. The molecule has 6 nitrogen and oxygen atoms in total. The van der Waals surface area contributed by atoms with Gasteiger partial charge in [-0.1, -0.05) is 6.07 Å². The number of aliphatic imine (C=N–C) groups is 1. The maximum absolute atomic E-state index is 14.4. The summed E-state index contributed by atoms with van der Waals surface area (Å²) in [7, 11) is 3.51. The van der Waals surface area contributed by atoms with Crippen molar-refractivity contribution in [2.24, 2.45) is 4.99 Å². The lowest BCUT2D eigenvalue weighted by Gasteiger charge is -2.32. The first-order valence-corrected chi connectivity index (χ1v) is 10.3. The zero-order valence-electron chi connectivity index (χ0n) is 17.8. The summed E-state index contributed by atoms with van der Waals surface area (Å²) in [6.45, 7) is 10.1. The number of ether oxygens (including phenoxy) is 1. The van der Waals surface area contributed by atoms with Crippen molar-refractivity contribution in [1.82, 2.24) is 15.5 Å². The lowest BCUT2D eigenvalue weighted by atomic mass is 10.1. The van der Waals surface area contributed by atoms with Crippen molar-refractivity contribution in [1.29, 1.82) is 0 Å². The van der Waals surface area contributed by atoms with Crippen molar-refractivity contribution in [2.45, 2.75) is 39.3 Å². The summed E-state index contributed by atoms with van der Waals surface area (Å²) in [4.78, 5) is 8.77. The molecule has 2 N–H and O–H groups in total. The molecule has 1 aromatic carbocycles. The highest BCUT2D eigenvalue weighted by Gasteiger charge is 2.19. The third kappa shape index (κ3) is 6.63. The Labute approximate surface area is 169 Å². The van der Waals surface area contributed by atoms with E-state index in [-0.39, 0.29) is 5.82 Å². The third-order valence-corrected chi connectivity index (χ3v) is 5.34. The topological polar surface area (TPSA) is 52.1 Å². The van der Waals surface area contributed by atoms with E-state index >= 15 is 0 Å². The number of likely N-dealkylation sites (tertiary alicyclic amines) is 1. The molecule has 7 heteroatoms. The summed E-state index contributed by atoms with van der Waals surface area (Å²) in [6, 6.07) is 5.87. The third-order valence-electron chi connectivity index (χ3n) is 5.34. The molecule has 1 fully saturated rings. The Kier molecular flexibility index (Phi) is 9.50. The van der Waals surface area contributed by atoms with Crippen molar-refractivity contribution >= 4 is 11.6 Å². The zero-order valence-corrected chi connectivity index (χ0v) is 17.8. The molecule has 1 heterocycles. The number of nitrogens with one attached hydrogen (secondary N) is 2. The standard InChI is InChI=1S/C21H36FN5O/c1-5-27(6-2)20-8-7-17(15-19(20)22)16-24-21(23-3)25-18-9-11-26(12-10-18)13-14-28-4/h7-8,15,18H,5-6,9-14,16H2,1-4H3,(H2,23,24,25). The molecule has 2 rings (SSSR count). The van der Waals surface area contributed by atoms with Crippen LogP contribution in [0, 0.1) is 5.82 Å². The highest BCUT2D eigenvalue weighted by Crippen LogP contribution is 2.20. The molecule has 1 aromatic rings. The number of hydrogen-bond acceptors (Lipinski definition) is 4. The van der Waals surface area contributed by atoms with Crippen LogP contribution in [0.2, 0.25) is 0 Å². The van der Waals surface area contributed by atoms with Gasteiger partial charge in [-0.3, -0.25) is 4.99 Å². The second-order valence-corrected chi connectivity index (χ2v) is 7.14. The number of halogens is 1. The molecular weight excluding hydrogens is 357 g/mol. The summed E-state index contributed by atoms with van der Waals surface area (Å²) >= 11 is 0. The molecule has 0 aromatic heterocycles. The normalized spacial score (nSPS) is 16.2. The molecule has 1 aliphatic heterocycles. The fourth-order valence-corrected chi connectivity index (χ4v) is 3.58. The van der Waals surface area contributed by atoms with Crippen LogP contribution in [0.25, 0.3) is 0 Å². The fraction of sp³-hybridized carbons (Fsp3) is 0.667. The predicted molar refractivity (Wildman–Crippen MR) is 115 cm³/mol. The van der Waals surface area contributed by atoms with E-state index in [1.54, 1.807) is 20.2 Å². The smallest absolute Gasteiger partial charge is 0.191 e. The van der Waals surface area contributed by atoms with Gasteiger partial charge in [-0.25, -0.2) is 4.39 Å². The van der Waals surface area contributed by atoms with Gasteiger partial charge in [0.05, 0.1) is 12.3 Å². The summed E-state index contributed by atoms with van der Waals surface area (Å²) in [5, 5.41) is 6.80. The Bertz CT molecular complexity index is 613. The monoisotopic (exact) mass is 393 g/mol. The minimum atomic E-state index is -0.172. The molecule has 0 aliphatic carbocycles. The Morgan fingerprint density at radius 3 is 2.57 bits per heavy atom. The Morgan fingerprint density at radius 2 is 2.00 bits per heavy atom. The van der Waals surface area contributed by atoms with Gasteiger partial charge in [-0.05, 0) is 44.4 Å². The highest BCUT2D eigenvalue weighted by molar-refractivity contribution is 5.80. The van der Waals surface area contributed by atoms with Crippen LogP contribution in [0.3, 0.4) is 0 Å². The Morgan fingerprint density at radius 1 is 1.29 bits per heavy atom. The van der Waals surface area contributed by atoms with E-state index < -0.39 is 0 Å². The van der Waals surface area contributed by atoms with Gasteiger partial charge in [-0.15, -0.1) is 0 Å². The number of methoxy groups -OCH3 is 1. The molecule has 0 atom stereocenters. The number of guanidine groups is 1. The number of anilines is 1. The van der Waals surface area contributed by atoms with Crippen molar-refractivity contribution < 1.29 is 9.13 Å². The highest BCUT2D eigenvalue weighted by atomic mass is 19.1. The molecule has 0 bridgehead atoms. The van der Waals surface area contributed by atoms with Gasteiger partial charge in [0.25, 0.3) is 0 Å². The second kappa shape index (κ2) is 11.9. The minimum Gasteiger partial charge on any atom is -0.383 e. The van der Waals surface area contributed by atoms with Crippen molar-refractivity contribution in [3.63, 3.8) is 0 Å². The number of benzene rings is 1. The van der Waals surface area contributed by atoms with E-state index in [9.17, 15) is 4.39 Å². The van der Waals surface area contributed by atoms with Gasteiger partial charge >= 0.3 is 0 Å². The average molecular weight is 394 g/mol. The summed E-state index contributed by atoms with van der Waals surface area (Å²) in [6.07, 6.45) is 2.16. The molecule has 28 heavy (non-hydrogen) atoms. The molecular formula is C21H36FN5O. The van der Waals surface area contributed by atoms with Crippen LogP contribution >= 0.6 is 0 Å². The van der Waals surface area contributed by atoms with E-state index in [0.29, 0.717) is 18.3 Å². The number of rotatable bonds is 9. The van der Waals surface area contributed by atoms with Crippen LogP contribution in [0.1, 0.15) is 32.3 Å². The molecule has 0 radical (unpaired) electrons. The molecule has 0 saturated carbocycles. The number of piperidine rings is 1. The predicted octanol–water partition coefficient (Wildman–Crippen LogP) is 2.45. The Hall–Kier alpha value is -1.86. The van der Waals surface area contributed by atoms with Crippen LogP contribution in [-0.4, -0.2) is 70.4 Å². The van der Waals surface area contributed by atoms with Crippen LogP contribution in [-0.2, 0) is 11.3 Å². The molecule has 1 saturated heterocycles. The summed E-state index contributed by atoms with van der Waals surface area (Å²) in [5.74, 6) is 0.595. The molecule has 1 aliphatic rings. The van der Waals surface area contributed by atoms with E-state index in [1.165, 1.54) is 0 Å². The van der Waals surface area contributed by atoms with E-state index in [4.69, 9.17) is 4.74 Å². The number of nitrogens with zero attached hydrogens (tertiary/aromatic N) is 3. The van der Waals surface area contributed by atoms with Gasteiger partial charge in [0.2, 0.25) is 0 Å². The molecule has 0 spiro atoms. The lowest BCUT2D eigenvalue weighted by Crippen LogP contribution is -2.48.